The van der Waals surface area contributed by atoms with Crippen LogP contribution in [0, 0.1) is 0 Å². The van der Waals surface area contributed by atoms with E-state index in [-0.39, 0.29) is 10.8 Å². The summed E-state index contributed by atoms with van der Waals surface area (Å²) in [4.78, 5) is 4.67. The summed E-state index contributed by atoms with van der Waals surface area (Å²) in [6, 6.07) is 17.5. The maximum atomic E-state index is 2.33. The minimum Gasteiger partial charge on any atom is -0.347 e. The molecule has 0 aromatic heterocycles. The van der Waals surface area contributed by atoms with Crippen molar-refractivity contribution in [3.63, 3.8) is 0 Å². The van der Waals surface area contributed by atoms with Crippen LogP contribution in [0.15, 0.2) is 72.1 Å². The minimum absolute atomic E-state index is 0.0105. The van der Waals surface area contributed by atoms with E-state index in [4.69, 9.17) is 0 Å². The summed E-state index contributed by atoms with van der Waals surface area (Å²) in [5.41, 5.74) is 8.11. The van der Waals surface area contributed by atoms with Crippen LogP contribution in [0.2, 0.25) is 0 Å². The van der Waals surface area contributed by atoms with E-state index in [2.05, 4.69) is 112 Å². The number of fused-ring (bicyclic) bond motifs is 2. The van der Waals surface area contributed by atoms with Gasteiger partial charge in [0.15, 0.2) is 0 Å². The first-order valence-corrected chi connectivity index (χ1v) is 9.35. The second kappa shape index (κ2) is 5.51. The van der Waals surface area contributed by atoms with Crippen LogP contribution in [-0.4, -0.2) is 14.1 Å². The van der Waals surface area contributed by atoms with E-state index in [0.29, 0.717) is 0 Å². The van der Waals surface area contributed by atoms with Gasteiger partial charge in [-0.3, -0.25) is 0 Å². The molecular formula is C24H28N2. The third-order valence-corrected chi connectivity index (χ3v) is 6.28. The van der Waals surface area contributed by atoms with Crippen molar-refractivity contribution < 1.29 is 0 Å². The zero-order valence-corrected chi connectivity index (χ0v) is 16.7. The van der Waals surface area contributed by atoms with Crippen LogP contribution in [-0.2, 0) is 10.8 Å². The first-order valence-electron chi connectivity index (χ1n) is 9.35. The summed E-state index contributed by atoms with van der Waals surface area (Å²) in [5, 5.41) is 0. The first-order chi connectivity index (χ1) is 12.3. The Bertz CT molecular complexity index is 853. The summed E-state index contributed by atoms with van der Waals surface area (Å²) in [6.45, 7) is 9.27. The number of hydrogen-bond donors (Lipinski definition) is 0. The van der Waals surface area contributed by atoms with Crippen molar-refractivity contribution in [2.45, 2.75) is 38.5 Å². The second-order valence-electron chi connectivity index (χ2n) is 8.51. The average molecular weight is 345 g/mol. The van der Waals surface area contributed by atoms with Crippen molar-refractivity contribution in [3.8, 4) is 0 Å². The Balaban J connectivity index is 1.79. The fourth-order valence-corrected chi connectivity index (χ4v) is 4.76. The molecule has 26 heavy (non-hydrogen) atoms. The van der Waals surface area contributed by atoms with Crippen LogP contribution in [0.1, 0.15) is 38.8 Å². The van der Waals surface area contributed by atoms with Gasteiger partial charge in [-0.05, 0) is 35.4 Å². The maximum Gasteiger partial charge on any atom is 0.0447 e. The molecule has 0 atom stereocenters. The van der Waals surface area contributed by atoms with Crippen LogP contribution in [0.3, 0.4) is 0 Å². The van der Waals surface area contributed by atoms with Crippen LogP contribution >= 0.6 is 0 Å². The molecule has 4 rings (SSSR count). The number of para-hydroxylation sites is 2. The Morgan fingerprint density at radius 3 is 1.31 bits per heavy atom. The standard InChI is InChI=1S/C24H28N2/c1-23(2)17-11-7-9-13-19(17)25(5)21(23)15-16-22-24(3,4)18-12-8-10-14-20(18)26(22)6/h7-16H,1-6H3. The first kappa shape index (κ1) is 17.0. The Hall–Kier alpha value is -2.48. The lowest BCUT2D eigenvalue weighted by atomic mass is 9.82. The molecule has 0 spiro atoms. The van der Waals surface area contributed by atoms with Gasteiger partial charge in [-0.25, -0.2) is 0 Å². The van der Waals surface area contributed by atoms with Crippen molar-refractivity contribution in [2.24, 2.45) is 0 Å². The molecule has 2 aromatic rings. The summed E-state index contributed by atoms with van der Waals surface area (Å²) in [5.74, 6) is 0. The summed E-state index contributed by atoms with van der Waals surface area (Å²) in [7, 11) is 4.35. The van der Waals surface area contributed by atoms with Gasteiger partial charge in [0.2, 0.25) is 0 Å². The zero-order chi connectivity index (χ0) is 18.7. The summed E-state index contributed by atoms with van der Waals surface area (Å²) >= 11 is 0. The molecule has 0 saturated carbocycles. The average Bonchev–Trinajstić information content (AvgIpc) is 2.94. The van der Waals surface area contributed by atoms with E-state index in [1.54, 1.807) is 0 Å². The number of benzene rings is 2. The van der Waals surface area contributed by atoms with Crippen molar-refractivity contribution in [1.29, 1.82) is 0 Å². The van der Waals surface area contributed by atoms with Crippen LogP contribution < -0.4 is 9.80 Å². The van der Waals surface area contributed by atoms with Crippen LogP contribution in [0.4, 0.5) is 11.4 Å². The van der Waals surface area contributed by atoms with Gasteiger partial charge in [-0.1, -0.05) is 64.1 Å². The number of anilines is 2. The van der Waals surface area contributed by atoms with Gasteiger partial charge in [0.1, 0.15) is 0 Å². The summed E-state index contributed by atoms with van der Waals surface area (Å²) in [6.07, 6.45) is 4.64. The highest BCUT2D eigenvalue weighted by Gasteiger charge is 2.40. The van der Waals surface area contributed by atoms with Crippen molar-refractivity contribution in [1.82, 2.24) is 0 Å². The van der Waals surface area contributed by atoms with E-state index in [9.17, 15) is 0 Å². The molecular weight excluding hydrogens is 316 g/mol. The third-order valence-electron chi connectivity index (χ3n) is 6.28. The molecule has 2 aliphatic rings. The number of allylic oxidation sites excluding steroid dienone is 4. The molecule has 0 aliphatic carbocycles. The number of likely N-dealkylation sites (N-methyl/N-ethyl adjacent to an activating group) is 2. The smallest absolute Gasteiger partial charge is 0.0447 e. The molecule has 0 saturated heterocycles. The van der Waals surface area contributed by atoms with Crippen molar-refractivity contribution in [2.75, 3.05) is 23.9 Å². The van der Waals surface area contributed by atoms with Gasteiger partial charge in [0.25, 0.3) is 0 Å². The number of hydrogen-bond acceptors (Lipinski definition) is 2. The fourth-order valence-electron chi connectivity index (χ4n) is 4.76. The van der Waals surface area contributed by atoms with E-state index in [1.807, 2.05) is 0 Å². The quantitative estimate of drug-likeness (QED) is 0.663. The highest BCUT2D eigenvalue weighted by Crippen LogP contribution is 2.49. The van der Waals surface area contributed by atoms with Crippen molar-refractivity contribution >= 4 is 11.4 Å². The van der Waals surface area contributed by atoms with Gasteiger partial charge >= 0.3 is 0 Å². The monoisotopic (exact) mass is 344 g/mol. The van der Waals surface area contributed by atoms with E-state index in [1.165, 1.54) is 33.9 Å². The molecule has 134 valence electrons. The molecule has 2 nitrogen and oxygen atoms in total. The lowest BCUT2D eigenvalue weighted by Crippen LogP contribution is -2.24. The Morgan fingerprint density at radius 2 is 0.962 bits per heavy atom. The normalized spacial score (nSPS) is 22.8. The fraction of sp³-hybridized carbons (Fsp3) is 0.333. The molecule has 0 bridgehead atoms. The van der Waals surface area contributed by atoms with Gasteiger partial charge in [0, 0.05) is 47.7 Å². The lowest BCUT2D eigenvalue weighted by Gasteiger charge is -2.26. The van der Waals surface area contributed by atoms with Gasteiger partial charge < -0.3 is 9.80 Å². The van der Waals surface area contributed by atoms with Gasteiger partial charge in [-0.15, -0.1) is 0 Å². The molecule has 0 unspecified atom stereocenters. The van der Waals surface area contributed by atoms with Crippen molar-refractivity contribution in [3.05, 3.63) is 83.2 Å². The minimum atomic E-state index is 0.0105. The Labute approximate surface area is 157 Å². The zero-order valence-electron chi connectivity index (χ0n) is 16.7. The molecule has 0 fully saturated rings. The molecule has 2 aromatic carbocycles. The highest BCUT2D eigenvalue weighted by molar-refractivity contribution is 5.72. The predicted molar refractivity (Wildman–Crippen MR) is 112 cm³/mol. The van der Waals surface area contributed by atoms with E-state index in [0.717, 1.165) is 0 Å². The lowest BCUT2D eigenvalue weighted by molar-refractivity contribution is 0.633. The molecule has 2 heteroatoms. The third kappa shape index (κ3) is 2.18. The van der Waals surface area contributed by atoms with Gasteiger partial charge in [0.05, 0.1) is 0 Å². The Morgan fingerprint density at radius 1 is 0.615 bits per heavy atom. The predicted octanol–water partition coefficient (Wildman–Crippen LogP) is 5.61. The topological polar surface area (TPSA) is 6.48 Å². The van der Waals surface area contributed by atoms with E-state index < -0.39 is 0 Å². The molecule has 0 radical (unpaired) electrons. The second-order valence-corrected chi connectivity index (χ2v) is 8.51. The van der Waals surface area contributed by atoms with E-state index >= 15 is 0 Å². The largest absolute Gasteiger partial charge is 0.347 e. The molecule has 0 amide bonds. The number of nitrogens with zero attached hydrogens (tertiary/aromatic N) is 2. The molecule has 2 heterocycles. The molecule has 0 N–H and O–H groups in total. The van der Waals surface area contributed by atoms with Gasteiger partial charge in [-0.2, -0.15) is 0 Å². The van der Waals surface area contributed by atoms with Crippen LogP contribution in [0.5, 0.6) is 0 Å². The highest BCUT2D eigenvalue weighted by atomic mass is 15.2. The maximum absolute atomic E-state index is 2.33. The summed E-state index contributed by atoms with van der Waals surface area (Å²) < 4.78 is 0. The Kier molecular flexibility index (Phi) is 3.59. The van der Waals surface area contributed by atoms with Crippen LogP contribution in [0.25, 0.3) is 0 Å². The number of rotatable bonds is 1. The SMILES string of the molecule is CN1C(=CC=C2N(C)c3ccccc3C2(C)C)C(C)(C)c2ccccc21. The molecule has 2 aliphatic heterocycles.